The highest BCUT2D eigenvalue weighted by Crippen LogP contribution is 2.25. The van der Waals surface area contributed by atoms with Gasteiger partial charge in [-0.2, -0.15) is 0 Å². The van der Waals surface area contributed by atoms with Crippen molar-refractivity contribution in [3.05, 3.63) is 48.5 Å². The lowest BCUT2D eigenvalue weighted by Gasteiger charge is -2.07. The lowest BCUT2D eigenvalue weighted by Crippen LogP contribution is -2.19. The largest absolute Gasteiger partial charge is 0.464 e. The Bertz CT molecular complexity index is 919. The highest BCUT2D eigenvalue weighted by atomic mass is 16.5. The first-order valence-corrected chi connectivity index (χ1v) is 7.10. The molecule has 2 heterocycles. The quantitative estimate of drug-likeness (QED) is 0.762. The highest BCUT2D eigenvalue weighted by Gasteiger charge is 2.08. The third-order valence-corrected chi connectivity index (χ3v) is 3.31. The molecular formula is C16H14N4O4. The van der Waals surface area contributed by atoms with Crippen molar-refractivity contribution >= 4 is 22.9 Å². The van der Waals surface area contributed by atoms with Crippen molar-refractivity contribution in [1.29, 1.82) is 0 Å². The molecule has 122 valence electrons. The van der Waals surface area contributed by atoms with Crippen LogP contribution in [0.3, 0.4) is 0 Å². The van der Waals surface area contributed by atoms with Gasteiger partial charge in [0.2, 0.25) is 11.8 Å². The molecule has 2 N–H and O–H groups in total. The second kappa shape index (κ2) is 6.37. The molecule has 2 aromatic heterocycles. The normalized spacial score (nSPS) is 10.5. The second-order valence-electron chi connectivity index (χ2n) is 5.05. The molecule has 3 aromatic rings. The molecule has 0 fully saturated rings. The Morgan fingerprint density at radius 2 is 2.08 bits per heavy atom. The van der Waals surface area contributed by atoms with Gasteiger partial charge in [-0.05, 0) is 24.3 Å². The van der Waals surface area contributed by atoms with E-state index in [1.807, 2.05) is 0 Å². The minimum Gasteiger partial charge on any atom is -0.464 e. The van der Waals surface area contributed by atoms with Gasteiger partial charge in [0.25, 0.3) is 0 Å². The predicted octanol–water partition coefficient (Wildman–Crippen LogP) is 2.39. The lowest BCUT2D eigenvalue weighted by atomic mass is 10.2. The van der Waals surface area contributed by atoms with Crippen molar-refractivity contribution in [2.24, 2.45) is 0 Å². The fourth-order valence-electron chi connectivity index (χ4n) is 2.22. The van der Waals surface area contributed by atoms with Crippen LogP contribution >= 0.6 is 0 Å². The van der Waals surface area contributed by atoms with Gasteiger partial charge in [-0.15, -0.1) is 0 Å². The molecule has 0 atom stereocenters. The van der Waals surface area contributed by atoms with E-state index in [-0.39, 0.29) is 12.5 Å². The number of carbonyl (C=O) groups excluding carboxylic acids is 1. The molecule has 8 heteroatoms. The van der Waals surface area contributed by atoms with Crippen LogP contribution < -0.4 is 10.1 Å². The minimum atomic E-state index is -1.04. The summed E-state index contributed by atoms with van der Waals surface area (Å²) in [5.41, 5.74) is 1.19. The smallest absolute Gasteiger partial charge is 0.415 e. The first kappa shape index (κ1) is 15.5. The first-order chi connectivity index (χ1) is 11.5. The van der Waals surface area contributed by atoms with Crippen LogP contribution in [0.4, 0.5) is 4.79 Å². The molecule has 0 radical (unpaired) electrons. The summed E-state index contributed by atoms with van der Waals surface area (Å²) in [4.78, 5) is 30.1. The van der Waals surface area contributed by atoms with Gasteiger partial charge < -0.3 is 15.2 Å². The van der Waals surface area contributed by atoms with Crippen LogP contribution in [0.15, 0.2) is 42.9 Å². The Morgan fingerprint density at radius 3 is 2.83 bits per heavy atom. The fourth-order valence-corrected chi connectivity index (χ4v) is 2.22. The van der Waals surface area contributed by atoms with Gasteiger partial charge in [-0.3, -0.25) is 9.36 Å². The van der Waals surface area contributed by atoms with Gasteiger partial charge in [-0.1, -0.05) is 0 Å². The van der Waals surface area contributed by atoms with Gasteiger partial charge in [0, 0.05) is 24.6 Å². The van der Waals surface area contributed by atoms with E-state index in [0.717, 1.165) is 9.95 Å². The number of carboxylic acid groups (broad SMARTS) is 1. The van der Waals surface area contributed by atoms with Gasteiger partial charge in [0.1, 0.15) is 12.1 Å². The number of fused-ring (bicyclic) bond motifs is 1. The summed E-state index contributed by atoms with van der Waals surface area (Å²) in [6.45, 7) is 1.71. The third-order valence-electron chi connectivity index (χ3n) is 3.31. The average molecular weight is 326 g/mol. The molecule has 3 rings (SSSR count). The summed E-state index contributed by atoms with van der Waals surface area (Å²) in [6, 6.07) is 8.38. The number of rotatable bonds is 4. The van der Waals surface area contributed by atoms with Crippen molar-refractivity contribution in [1.82, 2.24) is 19.9 Å². The maximum absolute atomic E-state index is 11.1. The average Bonchev–Trinajstić information content (AvgIpc) is 2.96. The Kier molecular flexibility index (Phi) is 4.11. The highest BCUT2D eigenvalue weighted by molar-refractivity contribution is 5.89. The number of benzene rings is 1. The maximum atomic E-state index is 11.1. The Balaban J connectivity index is 1.81. The lowest BCUT2D eigenvalue weighted by molar-refractivity contribution is -0.119. The van der Waals surface area contributed by atoms with E-state index in [2.05, 4.69) is 15.3 Å². The van der Waals surface area contributed by atoms with E-state index in [9.17, 15) is 9.59 Å². The molecule has 0 saturated heterocycles. The van der Waals surface area contributed by atoms with Gasteiger partial charge in [0.15, 0.2) is 0 Å². The number of nitrogens with one attached hydrogen (secondary N) is 1. The number of nitrogens with zero attached hydrogens (tertiary/aromatic N) is 3. The number of amides is 1. The summed E-state index contributed by atoms with van der Waals surface area (Å²) in [5, 5.41) is 12.5. The Labute approximate surface area is 136 Å². The van der Waals surface area contributed by atoms with Crippen LogP contribution in [0.5, 0.6) is 11.6 Å². The second-order valence-corrected chi connectivity index (χ2v) is 5.05. The predicted molar refractivity (Wildman–Crippen MR) is 85.0 cm³/mol. The van der Waals surface area contributed by atoms with Crippen LogP contribution in [0.2, 0.25) is 0 Å². The zero-order chi connectivity index (χ0) is 17.1. The van der Waals surface area contributed by atoms with Gasteiger partial charge >= 0.3 is 6.09 Å². The van der Waals surface area contributed by atoms with E-state index < -0.39 is 6.09 Å². The molecule has 0 aliphatic heterocycles. The molecule has 0 spiro atoms. The molecule has 0 aliphatic rings. The summed E-state index contributed by atoms with van der Waals surface area (Å²) in [7, 11) is 0. The summed E-state index contributed by atoms with van der Waals surface area (Å²) >= 11 is 0. The Morgan fingerprint density at radius 1 is 1.25 bits per heavy atom. The molecule has 0 unspecified atom stereocenters. The van der Waals surface area contributed by atoms with Crippen molar-refractivity contribution in [3.63, 3.8) is 0 Å². The number of hydrogen-bond acceptors (Lipinski definition) is 5. The van der Waals surface area contributed by atoms with Crippen LogP contribution in [0, 0.1) is 0 Å². The number of ether oxygens (including phenoxy) is 1. The molecule has 0 aliphatic carbocycles. The number of hydrogen-bond donors (Lipinski definition) is 2. The van der Waals surface area contributed by atoms with E-state index in [0.29, 0.717) is 22.8 Å². The van der Waals surface area contributed by atoms with Gasteiger partial charge in [-0.25, -0.2) is 14.8 Å². The maximum Gasteiger partial charge on any atom is 0.415 e. The molecule has 0 bridgehead atoms. The van der Waals surface area contributed by atoms with Crippen LogP contribution in [-0.2, 0) is 11.3 Å². The topological polar surface area (TPSA) is 106 Å². The fraction of sp³-hybridized carbons (Fsp3) is 0.125. The van der Waals surface area contributed by atoms with Crippen molar-refractivity contribution < 1.29 is 19.4 Å². The van der Waals surface area contributed by atoms with E-state index in [4.69, 9.17) is 9.84 Å². The first-order valence-electron chi connectivity index (χ1n) is 7.10. The third kappa shape index (κ3) is 3.32. The van der Waals surface area contributed by atoms with Crippen LogP contribution in [0.1, 0.15) is 12.6 Å². The summed E-state index contributed by atoms with van der Waals surface area (Å²) < 4.78 is 6.82. The zero-order valence-electron chi connectivity index (χ0n) is 12.8. The molecule has 24 heavy (non-hydrogen) atoms. The molecule has 1 aromatic carbocycles. The van der Waals surface area contributed by atoms with E-state index in [1.54, 1.807) is 30.3 Å². The zero-order valence-corrected chi connectivity index (χ0v) is 12.8. The summed E-state index contributed by atoms with van der Waals surface area (Å²) in [6.07, 6.45) is 1.79. The Hall–Kier alpha value is -3.42. The van der Waals surface area contributed by atoms with E-state index >= 15 is 0 Å². The summed E-state index contributed by atoms with van der Waals surface area (Å²) in [5.74, 6) is 0.710. The van der Waals surface area contributed by atoms with Crippen molar-refractivity contribution in [2.75, 3.05) is 0 Å². The minimum absolute atomic E-state index is 0.149. The standard InChI is InChI=1S/C16H14N4O4/c1-10(21)17-8-12-7-15(19-9-18-12)24-13-2-3-14-11(6-13)4-5-20(14)16(22)23/h2-7,9H,8H2,1H3,(H,17,21)(H,22,23). The van der Waals surface area contributed by atoms with Crippen LogP contribution in [-0.4, -0.2) is 31.6 Å². The van der Waals surface area contributed by atoms with Crippen LogP contribution in [0.25, 0.3) is 10.9 Å². The molecule has 0 saturated carbocycles. The van der Waals surface area contributed by atoms with E-state index in [1.165, 1.54) is 19.4 Å². The molecule has 8 nitrogen and oxygen atoms in total. The number of aromatic nitrogens is 3. The van der Waals surface area contributed by atoms with Gasteiger partial charge in [0.05, 0.1) is 17.8 Å². The van der Waals surface area contributed by atoms with Crippen molar-refractivity contribution in [3.8, 4) is 11.6 Å². The molecular weight excluding hydrogens is 312 g/mol. The number of carbonyl (C=O) groups is 2. The monoisotopic (exact) mass is 326 g/mol. The van der Waals surface area contributed by atoms with Crippen molar-refractivity contribution in [2.45, 2.75) is 13.5 Å². The SMILES string of the molecule is CC(=O)NCc1cc(Oc2ccc3c(ccn3C(=O)O)c2)ncn1. The molecule has 1 amide bonds.